The van der Waals surface area contributed by atoms with E-state index in [4.69, 9.17) is 10.6 Å². The summed E-state index contributed by atoms with van der Waals surface area (Å²) in [5.41, 5.74) is 5.13. The molecule has 17 heavy (non-hydrogen) atoms. The SMILES string of the molecule is CCOCCC(NN)c1c(C)cc(C)cc1F. The molecule has 1 unspecified atom stereocenters. The zero-order chi connectivity index (χ0) is 12.8. The minimum atomic E-state index is -0.207. The molecule has 0 aliphatic heterocycles. The van der Waals surface area contributed by atoms with E-state index in [1.807, 2.05) is 26.8 Å². The van der Waals surface area contributed by atoms with Crippen molar-refractivity contribution in [2.24, 2.45) is 5.84 Å². The first-order valence-electron chi connectivity index (χ1n) is 5.90. The number of rotatable bonds is 6. The smallest absolute Gasteiger partial charge is 0.128 e. The fourth-order valence-electron chi connectivity index (χ4n) is 2.02. The Hall–Kier alpha value is -0.970. The number of nitrogens with two attached hydrogens (primary N) is 1. The normalized spacial score (nSPS) is 12.8. The summed E-state index contributed by atoms with van der Waals surface area (Å²) in [4.78, 5) is 0. The van der Waals surface area contributed by atoms with Crippen molar-refractivity contribution >= 4 is 0 Å². The van der Waals surface area contributed by atoms with Gasteiger partial charge in [0.2, 0.25) is 0 Å². The van der Waals surface area contributed by atoms with Crippen LogP contribution in [0, 0.1) is 19.7 Å². The highest BCUT2D eigenvalue weighted by molar-refractivity contribution is 5.34. The highest BCUT2D eigenvalue weighted by atomic mass is 19.1. The average molecular weight is 240 g/mol. The van der Waals surface area contributed by atoms with Crippen LogP contribution in [0.4, 0.5) is 4.39 Å². The Morgan fingerprint density at radius 3 is 2.65 bits per heavy atom. The molecule has 1 aromatic rings. The maximum atomic E-state index is 13.9. The van der Waals surface area contributed by atoms with Crippen molar-refractivity contribution < 1.29 is 9.13 Å². The second kappa shape index (κ2) is 6.69. The van der Waals surface area contributed by atoms with Gasteiger partial charge in [-0.2, -0.15) is 0 Å². The molecule has 1 aromatic carbocycles. The molecule has 3 N–H and O–H groups in total. The number of nitrogens with one attached hydrogen (secondary N) is 1. The molecule has 96 valence electrons. The fraction of sp³-hybridized carbons (Fsp3) is 0.538. The summed E-state index contributed by atoms with van der Waals surface area (Å²) < 4.78 is 19.2. The Labute approximate surface area is 102 Å². The first kappa shape index (κ1) is 14.1. The third-order valence-corrected chi connectivity index (χ3v) is 2.79. The van der Waals surface area contributed by atoms with Gasteiger partial charge >= 0.3 is 0 Å². The maximum absolute atomic E-state index is 13.9. The number of hydrazine groups is 1. The van der Waals surface area contributed by atoms with Crippen molar-refractivity contribution in [2.75, 3.05) is 13.2 Å². The monoisotopic (exact) mass is 240 g/mol. The van der Waals surface area contributed by atoms with Crippen LogP contribution in [0.2, 0.25) is 0 Å². The van der Waals surface area contributed by atoms with Crippen LogP contribution in [-0.2, 0) is 4.74 Å². The number of benzene rings is 1. The van der Waals surface area contributed by atoms with Gasteiger partial charge in [0.05, 0.1) is 6.04 Å². The minimum Gasteiger partial charge on any atom is -0.382 e. The van der Waals surface area contributed by atoms with Crippen LogP contribution in [0.5, 0.6) is 0 Å². The van der Waals surface area contributed by atoms with E-state index in [9.17, 15) is 4.39 Å². The van der Waals surface area contributed by atoms with Gasteiger partial charge in [-0.1, -0.05) is 6.07 Å². The van der Waals surface area contributed by atoms with Crippen LogP contribution in [-0.4, -0.2) is 13.2 Å². The average Bonchev–Trinajstić information content (AvgIpc) is 2.25. The van der Waals surface area contributed by atoms with Crippen LogP contribution in [0.15, 0.2) is 12.1 Å². The standard InChI is InChI=1S/C13H21FN2O/c1-4-17-6-5-12(16-15)13-10(3)7-9(2)8-11(13)14/h7-8,12,16H,4-6,15H2,1-3H3. The molecule has 0 radical (unpaired) electrons. The summed E-state index contributed by atoms with van der Waals surface area (Å²) in [5.74, 6) is 5.28. The first-order chi connectivity index (χ1) is 8.10. The summed E-state index contributed by atoms with van der Waals surface area (Å²) in [6.45, 7) is 6.94. The molecule has 0 spiro atoms. The molecule has 0 aliphatic carbocycles. The van der Waals surface area contributed by atoms with E-state index in [1.165, 1.54) is 6.07 Å². The molecule has 3 nitrogen and oxygen atoms in total. The molecule has 4 heteroatoms. The number of hydrogen-bond acceptors (Lipinski definition) is 3. The summed E-state index contributed by atoms with van der Waals surface area (Å²) in [7, 11) is 0. The van der Waals surface area contributed by atoms with Gasteiger partial charge in [0.15, 0.2) is 0 Å². The molecular weight excluding hydrogens is 219 g/mol. The predicted molar refractivity (Wildman–Crippen MR) is 67.0 cm³/mol. The second-order valence-corrected chi connectivity index (χ2v) is 4.18. The molecular formula is C13H21FN2O. The van der Waals surface area contributed by atoms with Crippen molar-refractivity contribution in [3.05, 3.63) is 34.6 Å². The molecule has 0 fully saturated rings. The van der Waals surface area contributed by atoms with E-state index in [1.54, 1.807) is 0 Å². The summed E-state index contributed by atoms with van der Waals surface area (Å²) in [6.07, 6.45) is 0.658. The van der Waals surface area contributed by atoms with Crippen LogP contribution in [0.1, 0.15) is 36.1 Å². The third-order valence-electron chi connectivity index (χ3n) is 2.79. The van der Waals surface area contributed by atoms with E-state index < -0.39 is 0 Å². The number of halogens is 1. The molecule has 0 saturated heterocycles. The number of hydrogen-bond donors (Lipinski definition) is 2. The predicted octanol–water partition coefficient (Wildman–Crippen LogP) is 2.37. The van der Waals surface area contributed by atoms with Gasteiger partial charge in [0.25, 0.3) is 0 Å². The van der Waals surface area contributed by atoms with Gasteiger partial charge in [-0.15, -0.1) is 0 Å². The van der Waals surface area contributed by atoms with Gasteiger partial charge in [-0.3, -0.25) is 11.3 Å². The van der Waals surface area contributed by atoms with Gasteiger partial charge in [-0.05, 0) is 44.4 Å². The highest BCUT2D eigenvalue weighted by Crippen LogP contribution is 2.24. The Bertz CT molecular complexity index is 345. The Kier molecular flexibility index (Phi) is 5.55. The minimum absolute atomic E-state index is 0.206. The second-order valence-electron chi connectivity index (χ2n) is 4.18. The largest absolute Gasteiger partial charge is 0.382 e. The van der Waals surface area contributed by atoms with E-state index >= 15 is 0 Å². The van der Waals surface area contributed by atoms with Crippen LogP contribution in [0.25, 0.3) is 0 Å². The summed E-state index contributed by atoms with van der Waals surface area (Å²) in [6, 6.07) is 3.29. The highest BCUT2D eigenvalue weighted by Gasteiger charge is 2.17. The quantitative estimate of drug-likeness (QED) is 0.456. The zero-order valence-corrected chi connectivity index (χ0v) is 10.7. The van der Waals surface area contributed by atoms with Gasteiger partial charge in [0, 0.05) is 18.8 Å². The van der Waals surface area contributed by atoms with Crippen molar-refractivity contribution in [3.8, 4) is 0 Å². The fourth-order valence-corrected chi connectivity index (χ4v) is 2.02. The molecule has 0 bridgehead atoms. The Balaban J connectivity index is 2.87. The molecule has 1 rings (SSSR count). The third kappa shape index (κ3) is 3.77. The molecule has 0 aliphatic rings. The van der Waals surface area contributed by atoms with Gasteiger partial charge in [-0.25, -0.2) is 4.39 Å². The van der Waals surface area contributed by atoms with Crippen molar-refractivity contribution in [1.29, 1.82) is 0 Å². The van der Waals surface area contributed by atoms with Crippen molar-refractivity contribution in [3.63, 3.8) is 0 Å². The van der Waals surface area contributed by atoms with Crippen LogP contribution in [0.3, 0.4) is 0 Å². The Morgan fingerprint density at radius 1 is 1.41 bits per heavy atom. The van der Waals surface area contributed by atoms with Crippen molar-refractivity contribution in [1.82, 2.24) is 5.43 Å². The maximum Gasteiger partial charge on any atom is 0.128 e. The van der Waals surface area contributed by atoms with E-state index in [2.05, 4.69) is 5.43 Å². The molecule has 0 aromatic heterocycles. The lowest BCUT2D eigenvalue weighted by Crippen LogP contribution is -2.30. The van der Waals surface area contributed by atoms with E-state index in [0.717, 1.165) is 11.1 Å². The number of ether oxygens (including phenoxy) is 1. The first-order valence-corrected chi connectivity index (χ1v) is 5.90. The lowest BCUT2D eigenvalue weighted by Gasteiger charge is -2.19. The Morgan fingerprint density at radius 2 is 2.12 bits per heavy atom. The van der Waals surface area contributed by atoms with Gasteiger partial charge in [0.1, 0.15) is 5.82 Å². The lowest BCUT2D eigenvalue weighted by molar-refractivity contribution is 0.136. The molecule has 1 atom stereocenters. The molecule has 0 heterocycles. The van der Waals surface area contributed by atoms with E-state index in [-0.39, 0.29) is 11.9 Å². The lowest BCUT2D eigenvalue weighted by atomic mass is 9.97. The summed E-state index contributed by atoms with van der Waals surface area (Å²) >= 11 is 0. The van der Waals surface area contributed by atoms with Gasteiger partial charge < -0.3 is 4.74 Å². The van der Waals surface area contributed by atoms with E-state index in [0.29, 0.717) is 25.2 Å². The van der Waals surface area contributed by atoms with Crippen molar-refractivity contribution in [2.45, 2.75) is 33.2 Å². The van der Waals surface area contributed by atoms with Crippen LogP contribution >= 0.6 is 0 Å². The van der Waals surface area contributed by atoms with Crippen LogP contribution < -0.4 is 11.3 Å². The molecule has 0 amide bonds. The number of aryl methyl sites for hydroxylation is 2. The molecule has 0 saturated carbocycles. The summed E-state index contributed by atoms with van der Waals surface area (Å²) in [5, 5.41) is 0. The zero-order valence-electron chi connectivity index (χ0n) is 10.7. The topological polar surface area (TPSA) is 47.3 Å².